The zero-order valence-corrected chi connectivity index (χ0v) is 17.5. The Kier molecular flexibility index (Phi) is 6.43. The number of amides is 1. The molecule has 30 heavy (non-hydrogen) atoms. The number of benzene rings is 2. The van der Waals surface area contributed by atoms with Crippen LogP contribution in [0.2, 0.25) is 0 Å². The third kappa shape index (κ3) is 3.78. The lowest BCUT2D eigenvalue weighted by Gasteiger charge is -2.17. The van der Waals surface area contributed by atoms with Gasteiger partial charge in [-0.3, -0.25) is 14.2 Å². The quantitative estimate of drug-likeness (QED) is 0.663. The zero-order chi connectivity index (χ0) is 20.5. The molecule has 1 saturated heterocycles. The molecule has 0 aliphatic carbocycles. The predicted octanol–water partition coefficient (Wildman–Crippen LogP) is 1.95. The number of hydrogen-bond acceptors (Lipinski definition) is 4. The normalized spacial score (nSPS) is 18.4. The minimum atomic E-state index is -0.469. The van der Waals surface area contributed by atoms with Crippen molar-refractivity contribution in [2.75, 3.05) is 19.6 Å². The van der Waals surface area contributed by atoms with E-state index in [9.17, 15) is 14.4 Å². The average molecular weight is 429 g/mol. The molecule has 7 nitrogen and oxygen atoms in total. The minimum Gasteiger partial charge on any atom is -0.338 e. The Morgan fingerprint density at radius 2 is 1.87 bits per heavy atom. The van der Waals surface area contributed by atoms with Gasteiger partial charge in [-0.25, -0.2) is 4.79 Å². The molecule has 2 aromatic carbocycles. The van der Waals surface area contributed by atoms with Gasteiger partial charge in [-0.2, -0.15) is 0 Å². The monoisotopic (exact) mass is 428 g/mol. The van der Waals surface area contributed by atoms with Crippen LogP contribution in [-0.2, 0) is 6.54 Å². The molecule has 3 N–H and O–H groups in total. The Labute approximate surface area is 179 Å². The van der Waals surface area contributed by atoms with Gasteiger partial charge in [0.2, 0.25) is 0 Å². The summed E-state index contributed by atoms with van der Waals surface area (Å²) in [6.45, 7) is 3.72. The van der Waals surface area contributed by atoms with E-state index in [0.29, 0.717) is 42.6 Å². The second-order valence-electron chi connectivity index (χ2n) is 7.46. The number of nitrogens with zero attached hydrogens (tertiary/aromatic N) is 2. The lowest BCUT2D eigenvalue weighted by atomic mass is 9.89. The van der Waals surface area contributed by atoms with E-state index in [2.05, 4.69) is 17.1 Å². The zero-order valence-electron chi connectivity index (χ0n) is 16.7. The van der Waals surface area contributed by atoms with E-state index < -0.39 is 5.69 Å². The number of carbonyl (C=O) groups excluding carboxylic acids is 1. The number of H-pyrrole nitrogens is 1. The largest absolute Gasteiger partial charge is 0.338 e. The molecule has 2 heterocycles. The van der Waals surface area contributed by atoms with E-state index in [1.54, 1.807) is 25.1 Å². The van der Waals surface area contributed by atoms with Gasteiger partial charge in [0.05, 0.1) is 10.9 Å². The Bertz CT molecular complexity index is 1170. The first-order valence-corrected chi connectivity index (χ1v) is 9.84. The highest BCUT2D eigenvalue weighted by atomic mass is 35.5. The Hall–Kier alpha value is -2.90. The van der Waals surface area contributed by atoms with Crippen LogP contribution in [0.3, 0.4) is 0 Å². The number of rotatable bonds is 4. The van der Waals surface area contributed by atoms with Gasteiger partial charge in [0.25, 0.3) is 11.5 Å². The summed E-state index contributed by atoms with van der Waals surface area (Å²) in [6.07, 6.45) is 0. The van der Waals surface area contributed by atoms with E-state index in [1.807, 2.05) is 23.1 Å². The lowest BCUT2D eigenvalue weighted by Crippen LogP contribution is -2.34. The summed E-state index contributed by atoms with van der Waals surface area (Å²) >= 11 is 0. The summed E-state index contributed by atoms with van der Waals surface area (Å²) in [5.74, 6) is 0.268. The van der Waals surface area contributed by atoms with E-state index >= 15 is 0 Å². The Morgan fingerprint density at radius 1 is 1.13 bits per heavy atom. The molecule has 0 unspecified atom stereocenters. The Morgan fingerprint density at radius 3 is 2.53 bits per heavy atom. The van der Waals surface area contributed by atoms with E-state index in [1.165, 1.54) is 5.56 Å². The van der Waals surface area contributed by atoms with Crippen LogP contribution in [0.15, 0.2) is 58.1 Å². The van der Waals surface area contributed by atoms with Crippen LogP contribution in [0.1, 0.15) is 28.8 Å². The molecule has 0 saturated carbocycles. The summed E-state index contributed by atoms with van der Waals surface area (Å²) in [5.41, 5.74) is 7.18. The van der Waals surface area contributed by atoms with Crippen molar-refractivity contribution >= 4 is 29.2 Å². The van der Waals surface area contributed by atoms with Gasteiger partial charge < -0.3 is 15.6 Å². The molecule has 1 amide bonds. The number of nitrogens with two attached hydrogens (primary N) is 1. The first kappa shape index (κ1) is 21.8. The molecule has 1 aliphatic rings. The molecule has 0 spiro atoms. The van der Waals surface area contributed by atoms with Gasteiger partial charge in [0.15, 0.2) is 0 Å². The molecule has 1 aromatic heterocycles. The SMILES string of the molecule is CCn1c(=O)[nH]c2cc(C(=O)N3C[C@@H](CN)[C@H](c4ccccc4)C3)ccc2c1=O.Cl. The van der Waals surface area contributed by atoms with Gasteiger partial charge >= 0.3 is 5.69 Å². The number of aromatic nitrogens is 2. The standard InChI is InChI=1S/C22H24N4O3.ClH/c1-2-26-21(28)17-9-8-15(10-19(17)24-22(26)29)20(27)25-12-16(11-23)18(13-25)14-6-4-3-5-7-14;/h3-10,16,18H,2,11-13,23H2,1H3,(H,24,29);1H/t16-,18+;/m1./s1. The third-order valence-electron chi connectivity index (χ3n) is 5.80. The summed E-state index contributed by atoms with van der Waals surface area (Å²) in [6, 6.07) is 15.0. The van der Waals surface area contributed by atoms with Crippen LogP contribution < -0.4 is 17.0 Å². The van der Waals surface area contributed by atoms with Crippen molar-refractivity contribution in [3.63, 3.8) is 0 Å². The molecule has 1 aliphatic heterocycles. The number of carbonyl (C=O) groups is 1. The summed E-state index contributed by atoms with van der Waals surface area (Å²) in [4.78, 5) is 42.2. The number of fused-ring (bicyclic) bond motifs is 1. The fraction of sp³-hybridized carbons (Fsp3) is 0.318. The van der Waals surface area contributed by atoms with Crippen LogP contribution in [0.25, 0.3) is 10.9 Å². The molecule has 3 aromatic rings. The second-order valence-corrected chi connectivity index (χ2v) is 7.46. The molecular formula is C22H25ClN4O3. The molecule has 1 fully saturated rings. The van der Waals surface area contributed by atoms with Crippen LogP contribution >= 0.6 is 12.4 Å². The van der Waals surface area contributed by atoms with Crippen LogP contribution in [0.4, 0.5) is 0 Å². The summed E-state index contributed by atoms with van der Waals surface area (Å²) < 4.78 is 1.14. The highest BCUT2D eigenvalue weighted by Gasteiger charge is 2.35. The van der Waals surface area contributed by atoms with E-state index in [0.717, 1.165) is 4.57 Å². The van der Waals surface area contributed by atoms with Crippen molar-refractivity contribution < 1.29 is 4.79 Å². The molecule has 8 heteroatoms. The maximum absolute atomic E-state index is 13.1. The van der Waals surface area contributed by atoms with Crippen molar-refractivity contribution in [2.24, 2.45) is 11.7 Å². The molecule has 0 bridgehead atoms. The topological polar surface area (TPSA) is 101 Å². The van der Waals surface area contributed by atoms with Crippen molar-refractivity contribution in [1.29, 1.82) is 0 Å². The molecule has 2 atom stereocenters. The van der Waals surface area contributed by atoms with Gasteiger partial charge in [-0.15, -0.1) is 12.4 Å². The van der Waals surface area contributed by atoms with Crippen molar-refractivity contribution in [2.45, 2.75) is 19.4 Å². The molecule has 0 radical (unpaired) electrons. The number of nitrogens with one attached hydrogen (secondary N) is 1. The minimum absolute atomic E-state index is 0. The average Bonchev–Trinajstić information content (AvgIpc) is 3.18. The van der Waals surface area contributed by atoms with Gasteiger partial charge in [0.1, 0.15) is 0 Å². The number of likely N-dealkylation sites (tertiary alicyclic amines) is 1. The Balaban J connectivity index is 0.00000256. The molecular weight excluding hydrogens is 404 g/mol. The summed E-state index contributed by atoms with van der Waals surface area (Å²) in [5, 5.41) is 0.395. The fourth-order valence-corrected chi connectivity index (χ4v) is 4.21. The number of aromatic amines is 1. The van der Waals surface area contributed by atoms with Gasteiger partial charge in [-0.1, -0.05) is 30.3 Å². The highest BCUT2D eigenvalue weighted by molar-refractivity contribution is 5.97. The maximum atomic E-state index is 13.1. The lowest BCUT2D eigenvalue weighted by molar-refractivity contribution is 0.0786. The fourth-order valence-electron chi connectivity index (χ4n) is 4.21. The summed E-state index contributed by atoms with van der Waals surface area (Å²) in [7, 11) is 0. The number of halogens is 1. The first-order chi connectivity index (χ1) is 14.0. The number of hydrogen-bond donors (Lipinski definition) is 2. The molecule has 158 valence electrons. The predicted molar refractivity (Wildman–Crippen MR) is 119 cm³/mol. The first-order valence-electron chi connectivity index (χ1n) is 9.84. The molecule has 4 rings (SSSR count). The van der Waals surface area contributed by atoms with E-state index in [4.69, 9.17) is 5.73 Å². The highest BCUT2D eigenvalue weighted by Crippen LogP contribution is 2.32. The third-order valence-corrected chi connectivity index (χ3v) is 5.80. The maximum Gasteiger partial charge on any atom is 0.328 e. The van der Waals surface area contributed by atoms with Crippen LogP contribution in [-0.4, -0.2) is 40.0 Å². The second kappa shape index (κ2) is 8.85. The van der Waals surface area contributed by atoms with Crippen molar-refractivity contribution in [1.82, 2.24) is 14.5 Å². The van der Waals surface area contributed by atoms with Crippen molar-refractivity contribution in [3.8, 4) is 0 Å². The smallest absolute Gasteiger partial charge is 0.328 e. The van der Waals surface area contributed by atoms with E-state index in [-0.39, 0.29) is 35.7 Å². The van der Waals surface area contributed by atoms with Crippen LogP contribution in [0, 0.1) is 5.92 Å². The van der Waals surface area contributed by atoms with Gasteiger partial charge in [-0.05, 0) is 43.1 Å². The van der Waals surface area contributed by atoms with Gasteiger partial charge in [0, 0.05) is 31.1 Å². The van der Waals surface area contributed by atoms with Crippen LogP contribution in [0.5, 0.6) is 0 Å². The van der Waals surface area contributed by atoms with Crippen molar-refractivity contribution in [3.05, 3.63) is 80.5 Å².